The van der Waals surface area contributed by atoms with Crippen LogP contribution in [0.2, 0.25) is 20.1 Å². The van der Waals surface area contributed by atoms with Gasteiger partial charge in [-0.25, -0.2) is 0 Å². The van der Waals surface area contributed by atoms with Crippen molar-refractivity contribution in [2.75, 3.05) is 0 Å². The van der Waals surface area contributed by atoms with Crippen LogP contribution in [0.3, 0.4) is 0 Å². The molecule has 2 heterocycles. The normalized spacial score (nSPS) is 29.2. The van der Waals surface area contributed by atoms with Crippen LogP contribution < -0.4 is 5.73 Å². The summed E-state index contributed by atoms with van der Waals surface area (Å²) in [5, 5.41) is 15.0. The Morgan fingerprint density at radius 1 is 0.643 bits per heavy atom. The molecule has 296 valence electrons. The SMILES string of the molecule is NC1C2CCC1CC(OCc1c(-c3c(Cl)cccc3Cl)noc1C1CC1)C2.[N-]=[N+]=NC1C2CCC1CC(OCc1c(-c3c(Cl)cccc3Cl)noc1C1CC1)C2. The largest absolute Gasteiger partial charge is 0.373 e. The second-order valence-corrected chi connectivity index (χ2v) is 18.4. The highest BCUT2D eigenvalue weighted by molar-refractivity contribution is 6.39. The number of hydrogen-bond acceptors (Lipinski definition) is 8. The van der Waals surface area contributed by atoms with Crippen LogP contribution in [0.1, 0.15) is 112 Å². The molecule has 14 heteroatoms. The Hall–Kier alpha value is -2.79. The number of benzene rings is 2. The molecule has 4 atom stereocenters. The second kappa shape index (κ2) is 16.5. The maximum Gasteiger partial charge on any atom is 0.145 e. The molecule has 56 heavy (non-hydrogen) atoms. The van der Waals surface area contributed by atoms with E-state index in [9.17, 15) is 0 Å². The standard InChI is InChI=1S/C21H22Cl2N4O2.C21H24Cl2N2O2/c22-16-2-1-3-17(23)18(16)20-15(21(29-26-20)11-4-5-11)10-28-14-8-12-6-7-13(9-14)19(12)25-27-24;22-16-2-1-3-17(23)18(16)20-15(21(27-25-20)11-4-5-11)10-26-14-8-12-6-7-13(9-14)19(12)24/h1-3,11-14,19H,4-10H2;1-3,11-14,19H,4-10,24H2. The van der Waals surface area contributed by atoms with E-state index in [1.807, 2.05) is 36.4 Å². The summed E-state index contributed by atoms with van der Waals surface area (Å²) in [5.41, 5.74) is 20.0. The van der Waals surface area contributed by atoms with Crippen molar-refractivity contribution in [3.63, 3.8) is 0 Å². The fourth-order valence-electron chi connectivity index (χ4n) is 9.98. The van der Waals surface area contributed by atoms with Crippen molar-refractivity contribution in [2.45, 2.75) is 126 Å². The minimum absolute atomic E-state index is 0.134. The Morgan fingerprint density at radius 2 is 1.04 bits per heavy atom. The van der Waals surface area contributed by atoms with Crippen molar-refractivity contribution in [1.82, 2.24) is 10.3 Å². The molecule has 0 spiro atoms. The zero-order valence-corrected chi connectivity index (χ0v) is 34.1. The van der Waals surface area contributed by atoms with Gasteiger partial charge in [-0.15, -0.1) is 0 Å². The van der Waals surface area contributed by atoms with Crippen molar-refractivity contribution in [3.05, 3.63) is 89.6 Å². The van der Waals surface area contributed by atoms with Crippen molar-refractivity contribution in [3.8, 4) is 22.5 Å². The minimum Gasteiger partial charge on any atom is -0.373 e. The Balaban J connectivity index is 0.000000147. The number of aromatic nitrogens is 2. The minimum atomic E-state index is 0.134. The van der Waals surface area contributed by atoms with E-state index in [-0.39, 0.29) is 18.2 Å². The van der Waals surface area contributed by atoms with Crippen LogP contribution in [0, 0.1) is 23.7 Å². The third-order valence-electron chi connectivity index (χ3n) is 13.2. The maximum atomic E-state index is 8.84. The topological polar surface area (TPSA) is 145 Å². The highest BCUT2D eigenvalue weighted by atomic mass is 35.5. The first-order chi connectivity index (χ1) is 27.3. The lowest BCUT2D eigenvalue weighted by Crippen LogP contribution is -2.40. The number of ether oxygens (including phenoxy) is 2. The van der Waals surface area contributed by atoms with Gasteiger partial charge in [0.05, 0.1) is 45.5 Å². The van der Waals surface area contributed by atoms with Gasteiger partial charge in [0.2, 0.25) is 0 Å². The molecule has 0 radical (unpaired) electrons. The van der Waals surface area contributed by atoms with E-state index < -0.39 is 0 Å². The van der Waals surface area contributed by atoms with Gasteiger partial charge in [0, 0.05) is 51.1 Å². The molecule has 6 aliphatic carbocycles. The molecule has 6 saturated carbocycles. The van der Waals surface area contributed by atoms with Crippen LogP contribution in [0.5, 0.6) is 0 Å². The summed E-state index contributed by atoms with van der Waals surface area (Å²) in [5.74, 6) is 4.77. The van der Waals surface area contributed by atoms with Crippen LogP contribution in [-0.2, 0) is 22.7 Å². The number of fused-ring (bicyclic) bond motifs is 4. The van der Waals surface area contributed by atoms with E-state index in [1.165, 1.54) is 12.8 Å². The average Bonchev–Trinajstić information content (AvgIpc) is 4.10. The second-order valence-electron chi connectivity index (χ2n) is 16.8. The molecular weight excluding hydrogens is 794 g/mol. The summed E-state index contributed by atoms with van der Waals surface area (Å²) in [6, 6.07) is 11.5. The molecule has 2 aromatic carbocycles. The molecule has 4 bridgehead atoms. The number of nitrogens with zero attached hydrogens (tertiary/aromatic N) is 5. The third kappa shape index (κ3) is 7.85. The molecule has 0 aliphatic heterocycles. The van der Waals surface area contributed by atoms with Gasteiger partial charge < -0.3 is 24.3 Å². The van der Waals surface area contributed by atoms with Crippen molar-refractivity contribution in [2.24, 2.45) is 34.5 Å². The lowest BCUT2D eigenvalue weighted by atomic mass is 9.83. The maximum absolute atomic E-state index is 8.84. The summed E-state index contributed by atoms with van der Waals surface area (Å²) in [7, 11) is 0. The first-order valence-corrected chi connectivity index (χ1v) is 21.7. The number of rotatable bonds is 11. The number of hydrogen-bond donors (Lipinski definition) is 1. The van der Waals surface area contributed by atoms with Crippen LogP contribution in [0.4, 0.5) is 0 Å². The first kappa shape index (κ1) is 38.7. The lowest BCUT2D eigenvalue weighted by Gasteiger charge is -2.33. The Labute approximate surface area is 346 Å². The molecule has 4 aromatic rings. The number of azide groups is 1. The third-order valence-corrected chi connectivity index (χ3v) is 14.4. The van der Waals surface area contributed by atoms with E-state index in [2.05, 4.69) is 20.3 Å². The van der Waals surface area contributed by atoms with E-state index in [1.54, 1.807) is 0 Å². The van der Waals surface area contributed by atoms with Crippen LogP contribution in [0.15, 0.2) is 50.6 Å². The van der Waals surface area contributed by atoms with Gasteiger partial charge in [-0.3, -0.25) is 0 Å². The zero-order valence-electron chi connectivity index (χ0n) is 31.1. The Kier molecular flexibility index (Phi) is 11.4. The number of halogens is 4. The molecule has 2 aromatic heterocycles. The highest BCUT2D eigenvalue weighted by Crippen LogP contribution is 2.50. The molecule has 0 amide bonds. The summed E-state index contributed by atoms with van der Waals surface area (Å²) in [6.45, 7) is 0.925. The number of nitrogens with two attached hydrogens (primary N) is 1. The van der Waals surface area contributed by atoms with Gasteiger partial charge in [-0.1, -0.05) is 74.0 Å². The summed E-state index contributed by atoms with van der Waals surface area (Å²) >= 11 is 25.7. The van der Waals surface area contributed by atoms with Crippen molar-refractivity contribution in [1.29, 1.82) is 0 Å². The summed E-state index contributed by atoms with van der Waals surface area (Å²) in [4.78, 5) is 3.05. The molecule has 4 unspecified atom stereocenters. The quantitative estimate of drug-likeness (QED) is 0.0899. The highest BCUT2D eigenvalue weighted by Gasteiger charge is 2.44. The van der Waals surface area contributed by atoms with Gasteiger partial charge in [-0.2, -0.15) is 0 Å². The average molecular weight is 841 g/mol. The summed E-state index contributed by atoms with van der Waals surface area (Å²) < 4.78 is 24.2. The van der Waals surface area contributed by atoms with Gasteiger partial charge in [0.25, 0.3) is 0 Å². The molecule has 10 nitrogen and oxygen atoms in total. The fourth-order valence-corrected chi connectivity index (χ4v) is 11.1. The summed E-state index contributed by atoms with van der Waals surface area (Å²) in [6.07, 6.45) is 13.6. The molecule has 10 rings (SSSR count). The van der Waals surface area contributed by atoms with E-state index in [0.29, 0.717) is 86.1 Å². The van der Waals surface area contributed by atoms with Crippen LogP contribution in [-0.4, -0.2) is 34.6 Å². The molecule has 6 fully saturated rings. The molecular formula is C42H46Cl4N6O4. The van der Waals surface area contributed by atoms with Gasteiger partial charge in [0.1, 0.15) is 22.9 Å². The van der Waals surface area contributed by atoms with Crippen molar-refractivity contribution < 1.29 is 18.5 Å². The zero-order chi connectivity index (χ0) is 38.5. The first-order valence-electron chi connectivity index (χ1n) is 20.2. The van der Waals surface area contributed by atoms with E-state index >= 15 is 0 Å². The van der Waals surface area contributed by atoms with Gasteiger partial charge >= 0.3 is 0 Å². The predicted octanol–water partition coefficient (Wildman–Crippen LogP) is 12.5. The van der Waals surface area contributed by atoms with Crippen LogP contribution >= 0.6 is 46.4 Å². The molecule has 2 N–H and O–H groups in total. The lowest BCUT2D eigenvalue weighted by molar-refractivity contribution is -0.00657. The predicted molar refractivity (Wildman–Crippen MR) is 217 cm³/mol. The molecule has 0 saturated heterocycles. The Morgan fingerprint density at radius 3 is 1.43 bits per heavy atom. The monoisotopic (exact) mass is 838 g/mol. The van der Waals surface area contributed by atoms with Gasteiger partial charge in [-0.05, 0) is 131 Å². The van der Waals surface area contributed by atoms with Crippen LogP contribution in [0.25, 0.3) is 33.0 Å². The smallest absolute Gasteiger partial charge is 0.145 e. The fraction of sp³-hybridized carbons (Fsp3) is 0.571. The molecule has 6 aliphatic rings. The van der Waals surface area contributed by atoms with E-state index in [0.717, 1.165) is 98.1 Å². The van der Waals surface area contributed by atoms with Crippen molar-refractivity contribution >= 4 is 46.4 Å². The van der Waals surface area contributed by atoms with E-state index in [4.69, 9.17) is 76.2 Å². The van der Waals surface area contributed by atoms with Gasteiger partial charge in [0.15, 0.2) is 0 Å². The Bertz CT molecular complexity index is 2040.